The largest absolute Gasteiger partial charge is 0.352 e. The first-order valence-corrected chi connectivity index (χ1v) is 10.3. The van der Waals surface area contributed by atoms with Crippen LogP contribution >= 0.6 is 11.8 Å². The van der Waals surface area contributed by atoms with E-state index in [0.29, 0.717) is 6.54 Å². The molecule has 0 aliphatic heterocycles. The van der Waals surface area contributed by atoms with E-state index in [1.54, 1.807) is 11.8 Å². The number of hydrogen-bond donors (Lipinski definition) is 1. The van der Waals surface area contributed by atoms with Gasteiger partial charge in [0, 0.05) is 6.04 Å². The van der Waals surface area contributed by atoms with Gasteiger partial charge in [0.25, 0.3) is 0 Å². The number of rotatable bonds is 8. The molecular weight excluding hydrogens is 342 g/mol. The number of carbonyl (C=O) groups is 1. The van der Waals surface area contributed by atoms with E-state index in [2.05, 4.69) is 47.7 Å². The van der Waals surface area contributed by atoms with Gasteiger partial charge in [-0.15, -0.1) is 0 Å². The number of para-hydroxylation sites is 2. The molecule has 1 heterocycles. The summed E-state index contributed by atoms with van der Waals surface area (Å²) >= 11 is 1.72. The number of aryl methyl sites for hydroxylation is 1. The smallest absolute Gasteiger partial charge is 0.240 e. The molecule has 26 heavy (non-hydrogen) atoms. The van der Waals surface area contributed by atoms with E-state index in [1.807, 2.05) is 34.9 Å². The second-order valence-electron chi connectivity index (χ2n) is 6.53. The number of imidazole rings is 1. The molecule has 3 aromatic rings. The Morgan fingerprint density at radius 1 is 1.15 bits per heavy atom. The molecule has 1 N–H and O–H groups in total. The molecule has 1 atom stereocenters. The quantitative estimate of drug-likeness (QED) is 0.654. The summed E-state index contributed by atoms with van der Waals surface area (Å²) in [6.07, 6.45) is 3.95. The van der Waals surface area contributed by atoms with Crippen LogP contribution in [0, 0.1) is 0 Å². The molecule has 0 saturated heterocycles. The molecule has 0 spiro atoms. The van der Waals surface area contributed by atoms with E-state index in [-0.39, 0.29) is 11.9 Å². The van der Waals surface area contributed by atoms with Crippen molar-refractivity contribution in [1.82, 2.24) is 14.9 Å². The molecule has 1 amide bonds. The highest BCUT2D eigenvalue weighted by molar-refractivity contribution is 7.97. The number of hydrogen-bond acceptors (Lipinski definition) is 3. The normalized spacial score (nSPS) is 12.2. The van der Waals surface area contributed by atoms with Crippen molar-refractivity contribution in [2.24, 2.45) is 0 Å². The molecule has 0 saturated carbocycles. The van der Waals surface area contributed by atoms with Gasteiger partial charge in [0.05, 0.1) is 16.8 Å². The van der Waals surface area contributed by atoms with Gasteiger partial charge in [0.15, 0.2) is 0 Å². The average Bonchev–Trinajstić information content (AvgIpc) is 2.98. The van der Waals surface area contributed by atoms with E-state index < -0.39 is 0 Å². The van der Waals surface area contributed by atoms with Crippen molar-refractivity contribution in [3.05, 3.63) is 66.0 Å². The van der Waals surface area contributed by atoms with Crippen LogP contribution in [-0.4, -0.2) is 27.8 Å². The molecule has 0 fully saturated rings. The van der Waals surface area contributed by atoms with Crippen molar-refractivity contribution in [3.63, 3.8) is 0 Å². The van der Waals surface area contributed by atoms with Gasteiger partial charge in [-0.2, -0.15) is 11.8 Å². The number of benzene rings is 2. The fourth-order valence-corrected chi connectivity index (χ4v) is 3.58. The van der Waals surface area contributed by atoms with Crippen LogP contribution in [0.2, 0.25) is 0 Å². The third-order valence-electron chi connectivity index (χ3n) is 4.43. The Morgan fingerprint density at radius 2 is 1.88 bits per heavy atom. The predicted octanol–water partition coefficient (Wildman–Crippen LogP) is 4.04. The van der Waals surface area contributed by atoms with E-state index in [0.717, 1.165) is 35.5 Å². The predicted molar refractivity (Wildman–Crippen MR) is 109 cm³/mol. The summed E-state index contributed by atoms with van der Waals surface area (Å²) in [7, 11) is 0. The number of aromatic nitrogens is 2. The lowest BCUT2D eigenvalue weighted by Gasteiger charge is -2.15. The van der Waals surface area contributed by atoms with Crippen LogP contribution in [0.5, 0.6) is 0 Å². The molecule has 136 valence electrons. The van der Waals surface area contributed by atoms with Crippen LogP contribution < -0.4 is 5.32 Å². The molecule has 1 aromatic heterocycles. The van der Waals surface area contributed by atoms with Crippen LogP contribution in [0.1, 0.15) is 24.7 Å². The standard InChI is InChI=1S/C21H25N3OS/c1-16(12-13-17-8-4-3-5-9-17)22-21(25)14-24-19-11-7-6-10-18(19)23-20(24)15-26-2/h3-11,16H,12-15H2,1-2H3,(H,22,25)/t16-/m1/s1. The highest BCUT2D eigenvalue weighted by Crippen LogP contribution is 2.19. The molecule has 0 bridgehead atoms. The number of thioether (sulfide) groups is 1. The minimum absolute atomic E-state index is 0.0380. The van der Waals surface area contributed by atoms with E-state index >= 15 is 0 Å². The van der Waals surface area contributed by atoms with Crippen molar-refractivity contribution in [1.29, 1.82) is 0 Å². The van der Waals surface area contributed by atoms with Crippen molar-refractivity contribution in [2.45, 2.75) is 38.1 Å². The van der Waals surface area contributed by atoms with E-state index in [1.165, 1.54) is 5.56 Å². The third-order valence-corrected chi connectivity index (χ3v) is 4.97. The summed E-state index contributed by atoms with van der Waals surface area (Å²) in [5.41, 5.74) is 3.27. The molecule has 4 nitrogen and oxygen atoms in total. The molecule has 0 aliphatic rings. The fourth-order valence-electron chi connectivity index (χ4n) is 3.11. The maximum absolute atomic E-state index is 12.6. The lowest BCUT2D eigenvalue weighted by atomic mass is 10.1. The number of amides is 1. The summed E-state index contributed by atoms with van der Waals surface area (Å²) in [5.74, 6) is 1.78. The highest BCUT2D eigenvalue weighted by atomic mass is 32.2. The molecule has 0 radical (unpaired) electrons. The number of carbonyl (C=O) groups excluding carboxylic acids is 1. The Kier molecular flexibility index (Phi) is 6.34. The highest BCUT2D eigenvalue weighted by Gasteiger charge is 2.14. The minimum Gasteiger partial charge on any atom is -0.352 e. The molecule has 0 unspecified atom stereocenters. The summed E-state index contributed by atoms with van der Waals surface area (Å²) < 4.78 is 2.03. The summed E-state index contributed by atoms with van der Waals surface area (Å²) in [6.45, 7) is 2.38. The van der Waals surface area contributed by atoms with Crippen LogP contribution in [0.15, 0.2) is 54.6 Å². The van der Waals surface area contributed by atoms with Gasteiger partial charge >= 0.3 is 0 Å². The Hall–Kier alpha value is -2.27. The maximum Gasteiger partial charge on any atom is 0.240 e. The van der Waals surface area contributed by atoms with Crippen LogP contribution in [0.3, 0.4) is 0 Å². The van der Waals surface area contributed by atoms with Crippen molar-refractivity contribution in [3.8, 4) is 0 Å². The average molecular weight is 368 g/mol. The van der Waals surface area contributed by atoms with Crippen molar-refractivity contribution >= 4 is 28.7 Å². The zero-order valence-electron chi connectivity index (χ0n) is 15.3. The van der Waals surface area contributed by atoms with Gasteiger partial charge in [-0.05, 0) is 43.7 Å². The van der Waals surface area contributed by atoms with E-state index in [4.69, 9.17) is 0 Å². The van der Waals surface area contributed by atoms with Crippen molar-refractivity contribution < 1.29 is 4.79 Å². The number of fused-ring (bicyclic) bond motifs is 1. The van der Waals surface area contributed by atoms with Crippen molar-refractivity contribution in [2.75, 3.05) is 6.26 Å². The minimum atomic E-state index is 0.0380. The molecule has 2 aromatic carbocycles. The third kappa shape index (κ3) is 4.67. The first-order valence-electron chi connectivity index (χ1n) is 8.93. The lowest BCUT2D eigenvalue weighted by molar-refractivity contribution is -0.122. The summed E-state index contributed by atoms with van der Waals surface area (Å²) in [6, 6.07) is 18.5. The Balaban J connectivity index is 1.62. The first kappa shape index (κ1) is 18.5. The van der Waals surface area contributed by atoms with Crippen LogP contribution in [0.4, 0.5) is 0 Å². The molecular formula is C21H25N3OS. The van der Waals surface area contributed by atoms with Crippen LogP contribution in [0.25, 0.3) is 11.0 Å². The zero-order valence-corrected chi connectivity index (χ0v) is 16.1. The van der Waals surface area contributed by atoms with E-state index in [9.17, 15) is 4.79 Å². The second kappa shape index (κ2) is 8.90. The molecule has 5 heteroatoms. The van der Waals surface area contributed by atoms with Gasteiger partial charge in [-0.25, -0.2) is 4.98 Å². The zero-order chi connectivity index (χ0) is 18.4. The summed E-state index contributed by atoms with van der Waals surface area (Å²) in [5, 5.41) is 3.13. The second-order valence-corrected chi connectivity index (χ2v) is 7.39. The van der Waals surface area contributed by atoms with Gasteiger partial charge in [0.1, 0.15) is 12.4 Å². The molecule has 3 rings (SSSR count). The SMILES string of the molecule is CSCc1nc2ccccc2n1CC(=O)N[C@H](C)CCc1ccccc1. The van der Waals surface area contributed by atoms with Gasteiger partial charge < -0.3 is 9.88 Å². The fraction of sp³-hybridized carbons (Fsp3) is 0.333. The Bertz CT molecular complexity index is 860. The van der Waals surface area contributed by atoms with Gasteiger partial charge in [-0.1, -0.05) is 42.5 Å². The van der Waals surface area contributed by atoms with Gasteiger partial charge in [-0.3, -0.25) is 4.79 Å². The monoisotopic (exact) mass is 367 g/mol. The first-order chi connectivity index (χ1) is 12.7. The summed E-state index contributed by atoms with van der Waals surface area (Å²) in [4.78, 5) is 17.2. The Labute approximate surface area is 159 Å². The lowest BCUT2D eigenvalue weighted by Crippen LogP contribution is -2.35. The maximum atomic E-state index is 12.6. The topological polar surface area (TPSA) is 46.9 Å². The number of nitrogens with one attached hydrogen (secondary N) is 1. The number of nitrogens with zero attached hydrogens (tertiary/aromatic N) is 2. The Morgan fingerprint density at radius 3 is 2.65 bits per heavy atom. The molecule has 0 aliphatic carbocycles. The van der Waals surface area contributed by atoms with Gasteiger partial charge in [0.2, 0.25) is 5.91 Å². The van der Waals surface area contributed by atoms with Crippen LogP contribution in [-0.2, 0) is 23.5 Å².